The Morgan fingerprint density at radius 3 is 2.23 bits per heavy atom. The number of aromatic hydroxyl groups is 1. The highest BCUT2D eigenvalue weighted by atomic mass is 16.6. The number of carbonyl (C=O) groups excluding carboxylic acids is 4. The average Bonchev–Trinajstić information content (AvgIpc) is 3.29. The Balaban J connectivity index is 1.75. The van der Waals surface area contributed by atoms with Gasteiger partial charge in [0.1, 0.15) is 5.76 Å². The molecule has 0 saturated carbocycles. The van der Waals surface area contributed by atoms with E-state index in [0.717, 1.165) is 26.3 Å². The number of carboxylic acids is 1. The maximum Gasteiger partial charge on any atom is 0.357 e. The third-order valence-electron chi connectivity index (χ3n) is 8.52. The SMILES string of the molecule is CC(=O)O[C@@H](C(=O)OC1=CC[C@@]2(O)[C@@H](C)N(C)CCC23c2c(C)ccc(O)c2OC13)[C@@H](OC(C)=O)C(=O)O[C@@H](C)C(=O)O. The molecule has 14 heteroatoms. The summed E-state index contributed by atoms with van der Waals surface area (Å²) in [5.74, 6) is -6.58. The molecule has 1 aliphatic carbocycles. The maximum atomic E-state index is 13.6. The van der Waals surface area contributed by atoms with Crippen LogP contribution < -0.4 is 4.74 Å². The molecule has 3 N–H and O–H groups in total. The lowest BCUT2D eigenvalue weighted by Crippen LogP contribution is -2.71. The number of phenols is 1. The van der Waals surface area contributed by atoms with Crippen LogP contribution in [-0.2, 0) is 48.3 Å². The zero-order chi connectivity index (χ0) is 32.0. The molecule has 0 aromatic heterocycles. The van der Waals surface area contributed by atoms with Gasteiger partial charge in [-0.25, -0.2) is 14.4 Å². The molecule has 2 unspecified atom stereocenters. The lowest BCUT2D eigenvalue weighted by Gasteiger charge is -2.58. The quantitative estimate of drug-likeness (QED) is 0.279. The largest absolute Gasteiger partial charge is 0.504 e. The molecule has 2 heterocycles. The second-order valence-electron chi connectivity index (χ2n) is 11.1. The molecule has 0 bridgehead atoms. The van der Waals surface area contributed by atoms with E-state index in [1.54, 1.807) is 6.07 Å². The summed E-state index contributed by atoms with van der Waals surface area (Å²) in [6.45, 7) is 7.10. The number of carbonyl (C=O) groups is 5. The average molecular weight is 606 g/mol. The van der Waals surface area contributed by atoms with Gasteiger partial charge < -0.3 is 43.9 Å². The van der Waals surface area contributed by atoms with Gasteiger partial charge >= 0.3 is 29.8 Å². The number of rotatable bonds is 8. The Labute approximate surface area is 247 Å². The molecule has 1 aromatic rings. The first kappa shape index (κ1) is 31.8. The maximum absolute atomic E-state index is 13.6. The zero-order valence-electron chi connectivity index (χ0n) is 24.6. The molecule has 43 heavy (non-hydrogen) atoms. The van der Waals surface area contributed by atoms with Crippen LogP contribution in [0.2, 0.25) is 0 Å². The van der Waals surface area contributed by atoms with Gasteiger partial charge in [0.2, 0.25) is 12.2 Å². The molecule has 1 saturated heterocycles. The highest BCUT2D eigenvalue weighted by molar-refractivity contribution is 5.90. The van der Waals surface area contributed by atoms with Crippen LogP contribution in [0.1, 0.15) is 51.7 Å². The van der Waals surface area contributed by atoms with Gasteiger partial charge in [-0.05, 0) is 58.5 Å². The first-order valence-electron chi connectivity index (χ1n) is 13.7. The van der Waals surface area contributed by atoms with Crippen LogP contribution in [0.4, 0.5) is 0 Å². The Bertz CT molecular complexity index is 1390. The fourth-order valence-electron chi connectivity index (χ4n) is 6.30. The Morgan fingerprint density at radius 1 is 1.05 bits per heavy atom. The molecule has 3 aliphatic rings. The number of carboxylic acid groups (broad SMARTS) is 1. The summed E-state index contributed by atoms with van der Waals surface area (Å²) in [5.41, 5.74) is -1.30. The van der Waals surface area contributed by atoms with E-state index >= 15 is 0 Å². The molecular formula is C29H35NO13. The van der Waals surface area contributed by atoms with Crippen molar-refractivity contribution >= 4 is 29.8 Å². The summed E-state index contributed by atoms with van der Waals surface area (Å²) in [5, 5.41) is 32.2. The fraction of sp³-hybridized carbons (Fsp3) is 0.552. The molecule has 1 fully saturated rings. The molecular weight excluding hydrogens is 570 g/mol. The summed E-state index contributed by atoms with van der Waals surface area (Å²) >= 11 is 0. The summed E-state index contributed by atoms with van der Waals surface area (Å²) in [6.07, 6.45) is -5.41. The topological polar surface area (TPSA) is 195 Å². The predicted octanol–water partition coefficient (Wildman–Crippen LogP) is 0.865. The second-order valence-corrected chi connectivity index (χ2v) is 11.1. The van der Waals surface area contributed by atoms with Crippen molar-refractivity contribution in [3.05, 3.63) is 35.1 Å². The zero-order valence-corrected chi connectivity index (χ0v) is 24.6. The number of esters is 4. The van der Waals surface area contributed by atoms with Crippen LogP contribution in [-0.4, -0.2) is 99.7 Å². The Morgan fingerprint density at radius 2 is 1.65 bits per heavy atom. The number of hydrogen-bond acceptors (Lipinski definition) is 13. The van der Waals surface area contributed by atoms with Gasteiger partial charge in [-0.3, -0.25) is 9.59 Å². The Hall–Kier alpha value is -4.17. The van der Waals surface area contributed by atoms with E-state index in [9.17, 15) is 34.2 Å². The van der Waals surface area contributed by atoms with Crippen molar-refractivity contribution in [1.29, 1.82) is 0 Å². The van der Waals surface area contributed by atoms with Crippen molar-refractivity contribution in [2.45, 2.75) is 88.9 Å². The smallest absolute Gasteiger partial charge is 0.357 e. The molecule has 1 spiro atoms. The molecule has 0 radical (unpaired) electrons. The first-order valence-corrected chi connectivity index (χ1v) is 13.7. The van der Waals surface area contributed by atoms with E-state index in [0.29, 0.717) is 18.5 Å². The molecule has 234 valence electrons. The van der Waals surface area contributed by atoms with Gasteiger partial charge in [-0.2, -0.15) is 0 Å². The van der Waals surface area contributed by atoms with Gasteiger partial charge in [0.15, 0.2) is 23.7 Å². The molecule has 14 nitrogen and oxygen atoms in total. The summed E-state index contributed by atoms with van der Waals surface area (Å²) in [6, 6.07) is 2.77. The number of aryl methyl sites for hydroxylation is 1. The number of piperidine rings is 1. The number of hydrogen-bond donors (Lipinski definition) is 3. The highest BCUT2D eigenvalue weighted by Gasteiger charge is 2.69. The molecule has 2 aliphatic heterocycles. The van der Waals surface area contributed by atoms with E-state index in [2.05, 4.69) is 0 Å². The van der Waals surface area contributed by atoms with Gasteiger partial charge in [0, 0.05) is 31.9 Å². The minimum Gasteiger partial charge on any atom is -0.504 e. The highest BCUT2D eigenvalue weighted by Crippen LogP contribution is 2.62. The number of benzene rings is 1. The number of ether oxygens (including phenoxy) is 5. The summed E-state index contributed by atoms with van der Waals surface area (Å²) in [4.78, 5) is 63.5. The van der Waals surface area contributed by atoms with Crippen molar-refractivity contribution < 1.29 is 63.0 Å². The lowest BCUT2D eigenvalue weighted by molar-refractivity contribution is -0.194. The third kappa shape index (κ3) is 5.29. The fourth-order valence-corrected chi connectivity index (χ4v) is 6.30. The van der Waals surface area contributed by atoms with Crippen LogP contribution in [0.15, 0.2) is 24.0 Å². The van der Waals surface area contributed by atoms with Crippen LogP contribution in [0, 0.1) is 6.92 Å². The van der Waals surface area contributed by atoms with Crippen LogP contribution >= 0.6 is 0 Å². The van der Waals surface area contributed by atoms with E-state index in [4.69, 9.17) is 28.8 Å². The minimum atomic E-state index is -2.21. The van der Waals surface area contributed by atoms with E-state index in [1.165, 1.54) is 12.1 Å². The standard InChI is InChI=1S/C29H35NO13/c1-13-7-8-18(33)21-20(13)28-11-12-30(6)15(3)29(28,38)10-9-19(24(28)43-21)42-27(37)23(41-17(5)32)22(40-16(4)31)26(36)39-14(2)25(34)35/h7-9,14-15,22-24,33,38H,10-12H2,1-6H3,(H,34,35)/t14-,15+,22+,23+,24?,28?,29+/m0/s1. The minimum absolute atomic E-state index is 0.000704. The number of aliphatic hydroxyl groups is 1. The number of fused-ring (bicyclic) bond motifs is 1. The summed E-state index contributed by atoms with van der Waals surface area (Å²) in [7, 11) is 1.87. The molecule has 1 aromatic carbocycles. The van der Waals surface area contributed by atoms with E-state index in [-0.39, 0.29) is 29.7 Å². The van der Waals surface area contributed by atoms with Crippen molar-refractivity contribution in [3.8, 4) is 11.5 Å². The number of aliphatic carboxylic acids is 1. The first-order chi connectivity index (χ1) is 20.0. The van der Waals surface area contributed by atoms with E-state index < -0.39 is 65.3 Å². The van der Waals surface area contributed by atoms with Crippen molar-refractivity contribution in [3.63, 3.8) is 0 Å². The summed E-state index contributed by atoms with van der Waals surface area (Å²) < 4.78 is 26.7. The normalized spacial score (nSPS) is 27.9. The number of likely N-dealkylation sites (tertiary alicyclic amines) is 1. The van der Waals surface area contributed by atoms with E-state index in [1.807, 2.05) is 25.8 Å². The molecule has 7 atom stereocenters. The second kappa shape index (κ2) is 11.5. The van der Waals surface area contributed by atoms with Crippen molar-refractivity contribution in [2.75, 3.05) is 13.6 Å². The van der Waals surface area contributed by atoms with Gasteiger partial charge in [0.25, 0.3) is 0 Å². The predicted molar refractivity (Wildman–Crippen MR) is 144 cm³/mol. The van der Waals surface area contributed by atoms with Gasteiger partial charge in [-0.15, -0.1) is 0 Å². The molecule has 4 rings (SSSR count). The Kier molecular flexibility index (Phi) is 8.49. The van der Waals surface area contributed by atoms with Crippen LogP contribution in [0.25, 0.3) is 0 Å². The number of likely N-dealkylation sites (N-methyl/N-ethyl adjacent to an activating group) is 1. The number of nitrogens with zero attached hydrogens (tertiary/aromatic N) is 1. The number of phenolic OH excluding ortho intramolecular Hbond substituents is 1. The molecule has 0 amide bonds. The third-order valence-corrected chi connectivity index (χ3v) is 8.52. The lowest BCUT2D eigenvalue weighted by atomic mass is 9.54. The van der Waals surface area contributed by atoms with Gasteiger partial charge in [-0.1, -0.05) is 6.07 Å². The van der Waals surface area contributed by atoms with Crippen molar-refractivity contribution in [1.82, 2.24) is 4.90 Å². The van der Waals surface area contributed by atoms with Crippen LogP contribution in [0.5, 0.6) is 11.5 Å². The van der Waals surface area contributed by atoms with Gasteiger partial charge in [0.05, 0.1) is 11.0 Å². The van der Waals surface area contributed by atoms with Crippen LogP contribution in [0.3, 0.4) is 0 Å². The monoisotopic (exact) mass is 605 g/mol. The van der Waals surface area contributed by atoms with Crippen molar-refractivity contribution in [2.24, 2.45) is 0 Å².